The quantitative estimate of drug-likeness (QED) is 0.718. The van der Waals surface area contributed by atoms with Crippen LogP contribution in [-0.2, 0) is 11.2 Å². The van der Waals surface area contributed by atoms with Crippen molar-refractivity contribution in [3.05, 3.63) is 18.2 Å². The minimum atomic E-state index is -0.0729. The molecule has 0 radical (unpaired) electrons. The number of rotatable bonds is 0. The van der Waals surface area contributed by atoms with Crippen molar-refractivity contribution in [1.82, 2.24) is 14.9 Å². The van der Waals surface area contributed by atoms with Crippen LogP contribution in [0.4, 0.5) is 4.79 Å². The average Bonchev–Trinajstić information content (AvgIpc) is 2.90. The topological polar surface area (TPSA) is 56.2 Å². The number of hydrogen-bond donors (Lipinski definition) is 1. The lowest BCUT2D eigenvalue weighted by Crippen LogP contribution is -2.42. The van der Waals surface area contributed by atoms with Gasteiger partial charge in [-0.15, -0.1) is 0 Å². The number of carbonyl (C=O) groups is 1. The molecule has 0 saturated carbocycles. The Kier molecular flexibility index (Phi) is 3.56. The van der Waals surface area contributed by atoms with Crippen LogP contribution in [0.5, 0.6) is 0 Å². The summed E-state index contributed by atoms with van der Waals surface area (Å²) in [5, 5.41) is 2.81. The van der Waals surface area contributed by atoms with Crippen LogP contribution in [0.25, 0.3) is 0 Å². The standard InChI is InChI=1S/C7H9N3O.C4H8O/c1-5-2-6-3-8-4-10(6)7(11)9-5;1-2-4-5-3-1/h3-5H,2H2,1H3,(H,9,11);1-4H2. The summed E-state index contributed by atoms with van der Waals surface area (Å²) < 4.78 is 6.49. The van der Waals surface area contributed by atoms with Crippen LogP contribution in [0.3, 0.4) is 0 Å². The number of nitrogens with one attached hydrogen (secondary N) is 1. The molecule has 3 rings (SSSR count). The Bertz CT molecular complexity index is 350. The molecule has 5 heteroatoms. The Labute approximate surface area is 94.8 Å². The number of imidazole rings is 1. The highest BCUT2D eigenvalue weighted by atomic mass is 16.5. The van der Waals surface area contributed by atoms with Crippen LogP contribution in [-0.4, -0.2) is 34.8 Å². The molecule has 0 bridgehead atoms. The maximum atomic E-state index is 11.2. The van der Waals surface area contributed by atoms with E-state index in [1.165, 1.54) is 19.2 Å². The van der Waals surface area contributed by atoms with Gasteiger partial charge in [-0.05, 0) is 19.8 Å². The first kappa shape index (κ1) is 11.1. The third-order valence-corrected chi connectivity index (χ3v) is 2.65. The van der Waals surface area contributed by atoms with Gasteiger partial charge in [0.15, 0.2) is 0 Å². The van der Waals surface area contributed by atoms with Gasteiger partial charge in [0.2, 0.25) is 0 Å². The second kappa shape index (κ2) is 5.12. The molecule has 0 spiro atoms. The zero-order valence-electron chi connectivity index (χ0n) is 9.48. The van der Waals surface area contributed by atoms with Gasteiger partial charge < -0.3 is 10.1 Å². The van der Waals surface area contributed by atoms with Crippen molar-refractivity contribution in [2.75, 3.05) is 13.2 Å². The number of amides is 1. The maximum absolute atomic E-state index is 11.2. The fraction of sp³-hybridized carbons (Fsp3) is 0.636. The smallest absolute Gasteiger partial charge is 0.327 e. The number of hydrogen-bond acceptors (Lipinski definition) is 3. The lowest BCUT2D eigenvalue weighted by molar-refractivity contribution is 0.198. The van der Waals surface area contributed by atoms with Gasteiger partial charge in [0, 0.05) is 37.6 Å². The average molecular weight is 223 g/mol. The van der Waals surface area contributed by atoms with Crippen molar-refractivity contribution < 1.29 is 9.53 Å². The summed E-state index contributed by atoms with van der Waals surface area (Å²) in [6, 6.07) is 0.156. The van der Waals surface area contributed by atoms with Gasteiger partial charge in [-0.2, -0.15) is 0 Å². The van der Waals surface area contributed by atoms with Crippen LogP contribution >= 0.6 is 0 Å². The van der Waals surface area contributed by atoms with Crippen molar-refractivity contribution in [3.8, 4) is 0 Å². The highest BCUT2D eigenvalue weighted by Gasteiger charge is 2.19. The largest absolute Gasteiger partial charge is 0.381 e. The Morgan fingerprint density at radius 2 is 2.25 bits per heavy atom. The molecule has 0 aromatic carbocycles. The molecule has 1 unspecified atom stereocenters. The summed E-state index contributed by atoms with van der Waals surface area (Å²) in [4.78, 5) is 15.1. The van der Waals surface area contributed by atoms with Gasteiger partial charge in [0.25, 0.3) is 0 Å². The third-order valence-electron chi connectivity index (χ3n) is 2.65. The summed E-state index contributed by atoms with van der Waals surface area (Å²) in [5.41, 5.74) is 0.987. The van der Waals surface area contributed by atoms with E-state index in [-0.39, 0.29) is 12.1 Å². The molecule has 1 fully saturated rings. The first-order valence-corrected chi connectivity index (χ1v) is 5.67. The third kappa shape index (κ3) is 2.61. The van der Waals surface area contributed by atoms with E-state index in [1.807, 2.05) is 6.92 Å². The molecular weight excluding hydrogens is 206 g/mol. The molecule has 1 amide bonds. The summed E-state index contributed by atoms with van der Waals surface area (Å²) in [6.45, 7) is 3.98. The predicted molar refractivity (Wildman–Crippen MR) is 59.4 cm³/mol. The van der Waals surface area contributed by atoms with E-state index in [9.17, 15) is 4.79 Å². The monoisotopic (exact) mass is 223 g/mol. The number of carbonyl (C=O) groups excluding carboxylic acids is 1. The lowest BCUT2D eigenvalue weighted by atomic mass is 10.1. The van der Waals surface area contributed by atoms with Crippen molar-refractivity contribution in [3.63, 3.8) is 0 Å². The SMILES string of the molecule is C1CCOC1.CC1Cc2cncn2C(=O)N1. The van der Waals surface area contributed by atoms with E-state index < -0.39 is 0 Å². The van der Waals surface area contributed by atoms with E-state index in [1.54, 1.807) is 10.8 Å². The number of fused-ring (bicyclic) bond motifs is 1. The summed E-state index contributed by atoms with van der Waals surface area (Å²) >= 11 is 0. The van der Waals surface area contributed by atoms with Crippen LogP contribution in [0.2, 0.25) is 0 Å². The zero-order valence-corrected chi connectivity index (χ0v) is 9.48. The first-order chi connectivity index (χ1) is 7.77. The molecule has 2 aliphatic heterocycles. The molecule has 88 valence electrons. The number of nitrogens with zero attached hydrogens (tertiary/aromatic N) is 2. The molecule has 0 aliphatic carbocycles. The first-order valence-electron chi connectivity index (χ1n) is 5.67. The van der Waals surface area contributed by atoms with Gasteiger partial charge in [0.05, 0.1) is 0 Å². The number of ether oxygens (including phenoxy) is 1. The molecule has 5 nitrogen and oxygen atoms in total. The van der Waals surface area contributed by atoms with Crippen LogP contribution in [0.15, 0.2) is 12.5 Å². The molecule has 3 heterocycles. The lowest BCUT2D eigenvalue weighted by Gasteiger charge is -2.20. The van der Waals surface area contributed by atoms with Gasteiger partial charge in [0.1, 0.15) is 6.33 Å². The highest BCUT2D eigenvalue weighted by Crippen LogP contribution is 2.07. The van der Waals surface area contributed by atoms with E-state index in [2.05, 4.69) is 10.3 Å². The maximum Gasteiger partial charge on any atom is 0.327 e. The van der Waals surface area contributed by atoms with Crippen molar-refractivity contribution in [2.24, 2.45) is 0 Å². The summed E-state index contributed by atoms with van der Waals surface area (Å²) in [5.74, 6) is 0. The predicted octanol–water partition coefficient (Wildman–Crippen LogP) is 1.18. The van der Waals surface area contributed by atoms with Gasteiger partial charge in [-0.3, -0.25) is 4.57 Å². The van der Waals surface area contributed by atoms with E-state index in [0.717, 1.165) is 25.3 Å². The van der Waals surface area contributed by atoms with Gasteiger partial charge >= 0.3 is 6.03 Å². The summed E-state index contributed by atoms with van der Waals surface area (Å²) in [6.07, 6.45) is 6.69. The second-order valence-corrected chi connectivity index (χ2v) is 4.13. The molecule has 16 heavy (non-hydrogen) atoms. The Balaban J connectivity index is 0.000000162. The van der Waals surface area contributed by atoms with Crippen LogP contribution < -0.4 is 5.32 Å². The Hall–Kier alpha value is -1.36. The van der Waals surface area contributed by atoms with Gasteiger partial charge in [-0.1, -0.05) is 0 Å². The molecule has 1 N–H and O–H groups in total. The molecule has 1 aromatic rings. The fourth-order valence-electron chi connectivity index (χ4n) is 1.81. The van der Waals surface area contributed by atoms with Gasteiger partial charge in [-0.25, -0.2) is 9.78 Å². The molecule has 1 atom stereocenters. The van der Waals surface area contributed by atoms with Crippen molar-refractivity contribution >= 4 is 6.03 Å². The molecule has 1 saturated heterocycles. The minimum Gasteiger partial charge on any atom is -0.381 e. The Morgan fingerprint density at radius 1 is 1.50 bits per heavy atom. The molecule has 1 aromatic heterocycles. The van der Waals surface area contributed by atoms with Crippen LogP contribution in [0.1, 0.15) is 25.5 Å². The highest BCUT2D eigenvalue weighted by molar-refractivity contribution is 5.78. The number of aromatic nitrogens is 2. The van der Waals surface area contributed by atoms with E-state index in [4.69, 9.17) is 4.74 Å². The van der Waals surface area contributed by atoms with Crippen molar-refractivity contribution in [1.29, 1.82) is 0 Å². The van der Waals surface area contributed by atoms with E-state index >= 15 is 0 Å². The zero-order chi connectivity index (χ0) is 11.4. The van der Waals surface area contributed by atoms with E-state index in [0.29, 0.717) is 0 Å². The van der Waals surface area contributed by atoms with Crippen molar-refractivity contribution in [2.45, 2.75) is 32.2 Å². The second-order valence-electron chi connectivity index (χ2n) is 4.13. The summed E-state index contributed by atoms with van der Waals surface area (Å²) in [7, 11) is 0. The van der Waals surface area contributed by atoms with Crippen LogP contribution in [0, 0.1) is 0 Å². The molecule has 2 aliphatic rings. The minimum absolute atomic E-state index is 0.0729. The fourth-order valence-corrected chi connectivity index (χ4v) is 1.81. The molecular formula is C11H17N3O2. The normalized spacial score (nSPS) is 23.1. The Morgan fingerprint density at radius 3 is 2.88 bits per heavy atom.